The van der Waals surface area contributed by atoms with Gasteiger partial charge >= 0.3 is 0 Å². The summed E-state index contributed by atoms with van der Waals surface area (Å²) in [7, 11) is 0. The first-order valence-electron chi connectivity index (χ1n) is 6.68. The summed E-state index contributed by atoms with van der Waals surface area (Å²) in [5, 5.41) is 10.6. The second-order valence-electron chi connectivity index (χ2n) is 5.16. The lowest BCUT2D eigenvalue weighted by atomic mass is 10.2. The molecule has 1 amide bonds. The van der Waals surface area contributed by atoms with Crippen molar-refractivity contribution in [1.82, 2.24) is 15.1 Å². The molecule has 1 aromatic heterocycles. The number of carbonyl (C=O) groups excluding carboxylic acids is 1. The van der Waals surface area contributed by atoms with Crippen molar-refractivity contribution in [1.29, 1.82) is 0 Å². The van der Waals surface area contributed by atoms with Gasteiger partial charge in [-0.15, -0.1) is 0 Å². The lowest BCUT2D eigenvalue weighted by molar-refractivity contribution is -0.120. The second kappa shape index (κ2) is 5.71. The Balaban J connectivity index is 2.12. The molecule has 0 radical (unpaired) electrons. The highest BCUT2D eigenvalue weighted by molar-refractivity contribution is 5.96. The fraction of sp³-hybridized carbons (Fsp3) is 0.692. The highest BCUT2D eigenvalue weighted by Crippen LogP contribution is 2.22. The first-order chi connectivity index (χ1) is 9.00. The third-order valence-electron chi connectivity index (χ3n) is 3.30. The number of morpholine rings is 1. The van der Waals surface area contributed by atoms with Crippen LogP contribution in [0.25, 0.3) is 0 Å². The molecule has 1 atom stereocenters. The Morgan fingerprint density at radius 3 is 2.79 bits per heavy atom. The molecule has 0 aliphatic carbocycles. The largest absolute Gasteiger partial charge is 0.378 e. The third-order valence-corrected chi connectivity index (χ3v) is 3.30. The topological polar surface area (TPSA) is 68.2 Å². The summed E-state index contributed by atoms with van der Waals surface area (Å²) in [6.45, 7) is 9.81. The predicted molar refractivity (Wildman–Crippen MR) is 73.3 cm³/mol. The van der Waals surface area contributed by atoms with E-state index in [1.54, 1.807) is 0 Å². The zero-order chi connectivity index (χ0) is 14.0. The summed E-state index contributed by atoms with van der Waals surface area (Å²) in [6.07, 6.45) is 0. The van der Waals surface area contributed by atoms with Gasteiger partial charge in [-0.25, -0.2) is 0 Å². The van der Waals surface area contributed by atoms with Crippen LogP contribution in [0.5, 0.6) is 0 Å². The molecule has 6 heteroatoms. The molecule has 2 N–H and O–H groups in total. The van der Waals surface area contributed by atoms with Gasteiger partial charge in [0.05, 0.1) is 30.3 Å². The van der Waals surface area contributed by atoms with Gasteiger partial charge in [0, 0.05) is 12.6 Å². The van der Waals surface area contributed by atoms with Crippen molar-refractivity contribution in [2.45, 2.75) is 39.8 Å². The van der Waals surface area contributed by atoms with Crippen LogP contribution in [0.15, 0.2) is 0 Å². The maximum atomic E-state index is 12.2. The fourth-order valence-electron chi connectivity index (χ4n) is 2.29. The van der Waals surface area contributed by atoms with Crippen molar-refractivity contribution in [2.24, 2.45) is 0 Å². The molecule has 2 heterocycles. The normalized spacial score (nSPS) is 19.7. The molecule has 19 heavy (non-hydrogen) atoms. The lowest BCUT2D eigenvalue weighted by Crippen LogP contribution is -2.48. The number of ether oxygens (including phenoxy) is 1. The number of aromatic nitrogens is 2. The lowest BCUT2D eigenvalue weighted by Gasteiger charge is -2.23. The van der Waals surface area contributed by atoms with Gasteiger partial charge in [0.1, 0.15) is 6.04 Å². The van der Waals surface area contributed by atoms with Crippen molar-refractivity contribution in [2.75, 3.05) is 25.1 Å². The second-order valence-corrected chi connectivity index (χ2v) is 5.16. The van der Waals surface area contributed by atoms with Gasteiger partial charge < -0.3 is 15.4 Å². The summed E-state index contributed by atoms with van der Waals surface area (Å²) in [5.41, 5.74) is 2.64. The van der Waals surface area contributed by atoms with E-state index in [0.717, 1.165) is 17.1 Å². The quantitative estimate of drug-likeness (QED) is 0.856. The third kappa shape index (κ3) is 2.96. The molecule has 1 saturated heterocycles. The van der Waals surface area contributed by atoms with Gasteiger partial charge in [-0.2, -0.15) is 5.10 Å². The van der Waals surface area contributed by atoms with Crippen molar-refractivity contribution >= 4 is 11.6 Å². The van der Waals surface area contributed by atoms with Crippen LogP contribution in [0.3, 0.4) is 0 Å². The van der Waals surface area contributed by atoms with Crippen molar-refractivity contribution < 1.29 is 9.53 Å². The Labute approximate surface area is 113 Å². The van der Waals surface area contributed by atoms with Crippen LogP contribution in [-0.4, -0.2) is 41.5 Å². The maximum Gasteiger partial charge on any atom is 0.244 e. The number of hydrogen-bond donors (Lipinski definition) is 2. The number of rotatable bonds is 3. The molecular formula is C13H22N4O2. The van der Waals surface area contributed by atoms with Crippen molar-refractivity contribution in [3.63, 3.8) is 0 Å². The Morgan fingerprint density at radius 1 is 1.53 bits per heavy atom. The SMILES string of the molecule is Cc1nn(C(C)C)c(C)c1NC(=O)C1COCCN1. The van der Waals surface area contributed by atoms with E-state index in [-0.39, 0.29) is 18.0 Å². The molecular weight excluding hydrogens is 244 g/mol. The van der Waals surface area contributed by atoms with E-state index >= 15 is 0 Å². The highest BCUT2D eigenvalue weighted by atomic mass is 16.5. The number of nitrogens with one attached hydrogen (secondary N) is 2. The zero-order valence-electron chi connectivity index (χ0n) is 12.0. The molecule has 0 bridgehead atoms. The number of hydrogen-bond acceptors (Lipinski definition) is 4. The number of nitrogens with zero attached hydrogens (tertiary/aromatic N) is 2. The van der Waals surface area contributed by atoms with Crippen LogP contribution in [0, 0.1) is 13.8 Å². The maximum absolute atomic E-state index is 12.2. The summed E-state index contributed by atoms with van der Waals surface area (Å²) in [4.78, 5) is 12.2. The molecule has 106 valence electrons. The van der Waals surface area contributed by atoms with Crippen LogP contribution in [0.2, 0.25) is 0 Å². The molecule has 1 aliphatic rings. The standard InChI is InChI=1S/C13H22N4O2/c1-8(2)17-10(4)12(9(3)16-17)15-13(18)11-7-19-6-5-14-11/h8,11,14H,5-7H2,1-4H3,(H,15,18). The van der Waals surface area contributed by atoms with E-state index in [1.165, 1.54) is 0 Å². The van der Waals surface area contributed by atoms with E-state index in [2.05, 4.69) is 29.6 Å². The summed E-state index contributed by atoms with van der Waals surface area (Å²) in [5.74, 6) is -0.0609. The summed E-state index contributed by atoms with van der Waals surface area (Å²) < 4.78 is 7.23. The van der Waals surface area contributed by atoms with Crippen LogP contribution >= 0.6 is 0 Å². The minimum Gasteiger partial charge on any atom is -0.378 e. The van der Waals surface area contributed by atoms with E-state index in [9.17, 15) is 4.79 Å². The molecule has 1 aliphatic heterocycles. The minimum atomic E-state index is -0.282. The number of anilines is 1. The smallest absolute Gasteiger partial charge is 0.244 e. The van der Waals surface area contributed by atoms with E-state index in [1.807, 2.05) is 18.5 Å². The molecule has 2 rings (SSSR count). The predicted octanol–water partition coefficient (Wildman–Crippen LogP) is 1.01. The average molecular weight is 266 g/mol. The van der Waals surface area contributed by atoms with Crippen LogP contribution < -0.4 is 10.6 Å². The molecule has 1 fully saturated rings. The first-order valence-corrected chi connectivity index (χ1v) is 6.68. The fourth-order valence-corrected chi connectivity index (χ4v) is 2.29. The number of carbonyl (C=O) groups is 1. The molecule has 0 saturated carbocycles. The average Bonchev–Trinajstić information content (AvgIpc) is 2.68. The number of aryl methyl sites for hydroxylation is 1. The number of amides is 1. The van der Waals surface area contributed by atoms with Gasteiger partial charge in [-0.3, -0.25) is 9.48 Å². The Morgan fingerprint density at radius 2 is 2.26 bits per heavy atom. The van der Waals surface area contributed by atoms with Gasteiger partial charge in [0.25, 0.3) is 0 Å². The Kier molecular flexibility index (Phi) is 4.21. The van der Waals surface area contributed by atoms with E-state index in [4.69, 9.17) is 4.74 Å². The molecule has 6 nitrogen and oxygen atoms in total. The van der Waals surface area contributed by atoms with Gasteiger partial charge in [-0.1, -0.05) is 0 Å². The monoisotopic (exact) mass is 266 g/mol. The highest BCUT2D eigenvalue weighted by Gasteiger charge is 2.23. The van der Waals surface area contributed by atoms with Gasteiger partial charge in [0.15, 0.2) is 0 Å². The Bertz CT molecular complexity index is 461. The van der Waals surface area contributed by atoms with Gasteiger partial charge in [-0.05, 0) is 27.7 Å². The zero-order valence-corrected chi connectivity index (χ0v) is 12.0. The minimum absolute atomic E-state index is 0.0609. The van der Waals surface area contributed by atoms with Crippen molar-refractivity contribution in [3.05, 3.63) is 11.4 Å². The van der Waals surface area contributed by atoms with Crippen LogP contribution in [0.4, 0.5) is 5.69 Å². The molecule has 1 unspecified atom stereocenters. The van der Waals surface area contributed by atoms with Crippen LogP contribution in [-0.2, 0) is 9.53 Å². The summed E-state index contributed by atoms with van der Waals surface area (Å²) in [6, 6.07) is -0.00422. The van der Waals surface area contributed by atoms with Crippen LogP contribution in [0.1, 0.15) is 31.3 Å². The van der Waals surface area contributed by atoms with Gasteiger partial charge in [0.2, 0.25) is 5.91 Å². The van der Waals surface area contributed by atoms with Crippen molar-refractivity contribution in [3.8, 4) is 0 Å². The first kappa shape index (κ1) is 14.0. The summed E-state index contributed by atoms with van der Waals surface area (Å²) >= 11 is 0. The molecule has 1 aromatic rings. The molecule has 0 aromatic carbocycles. The van der Waals surface area contributed by atoms with E-state index < -0.39 is 0 Å². The Hall–Kier alpha value is -1.40. The van der Waals surface area contributed by atoms with E-state index in [0.29, 0.717) is 19.8 Å². The molecule has 0 spiro atoms.